The molecule has 0 radical (unpaired) electrons. The molecule has 2 heteroatoms. The fourth-order valence-electron chi connectivity index (χ4n) is 1.46. The van der Waals surface area contributed by atoms with Crippen LogP contribution in [0.5, 0.6) is 0 Å². The van der Waals surface area contributed by atoms with E-state index in [1.54, 1.807) is 0 Å². The van der Waals surface area contributed by atoms with Gasteiger partial charge in [0.1, 0.15) is 0 Å². The molecule has 0 heterocycles. The molecular formula is C8H16O2. The van der Waals surface area contributed by atoms with Gasteiger partial charge in [-0.25, -0.2) is 0 Å². The lowest BCUT2D eigenvalue weighted by atomic mass is 9.49. The molecule has 1 aliphatic rings. The van der Waals surface area contributed by atoms with Crippen LogP contribution in [0.3, 0.4) is 0 Å². The van der Waals surface area contributed by atoms with Crippen LogP contribution < -0.4 is 0 Å². The molecule has 0 unspecified atom stereocenters. The SMILES string of the molecule is CC1(C)[C@H](O)[C@H](O)C1(C)C. The largest absolute Gasteiger partial charge is 0.390 e. The summed E-state index contributed by atoms with van der Waals surface area (Å²) in [6, 6.07) is 0. The molecule has 60 valence electrons. The quantitative estimate of drug-likeness (QED) is 0.527. The van der Waals surface area contributed by atoms with E-state index in [4.69, 9.17) is 0 Å². The minimum absolute atomic E-state index is 0.146. The van der Waals surface area contributed by atoms with Gasteiger partial charge in [-0.15, -0.1) is 0 Å². The maximum atomic E-state index is 9.33. The summed E-state index contributed by atoms with van der Waals surface area (Å²) in [5, 5.41) is 18.7. The zero-order valence-electron chi connectivity index (χ0n) is 7.05. The minimum Gasteiger partial charge on any atom is -0.390 e. The van der Waals surface area contributed by atoms with Crippen LogP contribution in [0.2, 0.25) is 0 Å². The lowest BCUT2D eigenvalue weighted by Gasteiger charge is -2.60. The van der Waals surface area contributed by atoms with Crippen molar-refractivity contribution in [2.24, 2.45) is 10.8 Å². The molecule has 0 saturated heterocycles. The van der Waals surface area contributed by atoms with E-state index in [0.717, 1.165) is 0 Å². The first kappa shape index (κ1) is 8.02. The third-order valence-electron chi connectivity index (χ3n) is 3.44. The fraction of sp³-hybridized carbons (Fsp3) is 1.00. The van der Waals surface area contributed by atoms with Gasteiger partial charge in [0.2, 0.25) is 0 Å². The Labute approximate surface area is 61.9 Å². The number of rotatable bonds is 0. The zero-order chi connectivity index (χ0) is 8.15. The van der Waals surface area contributed by atoms with E-state index in [9.17, 15) is 10.2 Å². The van der Waals surface area contributed by atoms with Crippen LogP contribution in [-0.4, -0.2) is 22.4 Å². The van der Waals surface area contributed by atoms with Crippen molar-refractivity contribution in [1.29, 1.82) is 0 Å². The molecule has 0 bridgehead atoms. The van der Waals surface area contributed by atoms with E-state index in [1.165, 1.54) is 0 Å². The van der Waals surface area contributed by atoms with Gasteiger partial charge in [-0.3, -0.25) is 0 Å². The molecule has 0 spiro atoms. The highest BCUT2D eigenvalue weighted by atomic mass is 16.3. The molecule has 0 aromatic heterocycles. The summed E-state index contributed by atoms with van der Waals surface area (Å²) in [4.78, 5) is 0. The summed E-state index contributed by atoms with van der Waals surface area (Å²) in [5.41, 5.74) is -0.293. The summed E-state index contributed by atoms with van der Waals surface area (Å²) in [6.45, 7) is 7.91. The second-order valence-corrected chi connectivity index (χ2v) is 4.33. The summed E-state index contributed by atoms with van der Waals surface area (Å²) in [7, 11) is 0. The van der Waals surface area contributed by atoms with Gasteiger partial charge in [0.15, 0.2) is 0 Å². The van der Waals surface area contributed by atoms with Crippen molar-refractivity contribution in [3.63, 3.8) is 0 Å². The molecular weight excluding hydrogens is 128 g/mol. The Morgan fingerprint density at radius 2 is 1.00 bits per heavy atom. The first-order chi connectivity index (χ1) is 4.32. The summed E-state index contributed by atoms with van der Waals surface area (Å²) >= 11 is 0. The van der Waals surface area contributed by atoms with Gasteiger partial charge < -0.3 is 10.2 Å². The summed E-state index contributed by atoms with van der Waals surface area (Å²) in [5.74, 6) is 0. The van der Waals surface area contributed by atoms with Crippen molar-refractivity contribution in [2.75, 3.05) is 0 Å². The molecule has 1 aliphatic carbocycles. The first-order valence-corrected chi connectivity index (χ1v) is 3.68. The second-order valence-electron chi connectivity index (χ2n) is 4.33. The minimum atomic E-state index is -0.553. The molecule has 0 aliphatic heterocycles. The Morgan fingerprint density at radius 3 is 1.10 bits per heavy atom. The van der Waals surface area contributed by atoms with E-state index in [-0.39, 0.29) is 10.8 Å². The normalized spacial score (nSPS) is 42.6. The third-order valence-corrected chi connectivity index (χ3v) is 3.44. The molecule has 2 N–H and O–H groups in total. The fourth-order valence-corrected chi connectivity index (χ4v) is 1.46. The lowest BCUT2D eigenvalue weighted by molar-refractivity contribution is -0.247. The van der Waals surface area contributed by atoms with Crippen LogP contribution in [0.25, 0.3) is 0 Å². The topological polar surface area (TPSA) is 40.5 Å². The van der Waals surface area contributed by atoms with Crippen molar-refractivity contribution in [3.8, 4) is 0 Å². The van der Waals surface area contributed by atoms with E-state index < -0.39 is 12.2 Å². The van der Waals surface area contributed by atoms with Crippen molar-refractivity contribution in [2.45, 2.75) is 39.9 Å². The van der Waals surface area contributed by atoms with Gasteiger partial charge >= 0.3 is 0 Å². The van der Waals surface area contributed by atoms with Gasteiger partial charge in [0.05, 0.1) is 12.2 Å². The third kappa shape index (κ3) is 0.611. The van der Waals surface area contributed by atoms with Crippen LogP contribution in [0, 0.1) is 10.8 Å². The smallest absolute Gasteiger partial charge is 0.0861 e. The number of aliphatic hydroxyl groups is 2. The molecule has 2 atom stereocenters. The summed E-state index contributed by atoms with van der Waals surface area (Å²) < 4.78 is 0. The highest BCUT2D eigenvalue weighted by Gasteiger charge is 2.61. The van der Waals surface area contributed by atoms with Gasteiger partial charge in [-0.1, -0.05) is 27.7 Å². The van der Waals surface area contributed by atoms with E-state index in [0.29, 0.717) is 0 Å². The van der Waals surface area contributed by atoms with Crippen molar-refractivity contribution in [1.82, 2.24) is 0 Å². The maximum Gasteiger partial charge on any atom is 0.0861 e. The van der Waals surface area contributed by atoms with Crippen molar-refractivity contribution >= 4 is 0 Å². The molecule has 0 aromatic carbocycles. The van der Waals surface area contributed by atoms with Crippen molar-refractivity contribution < 1.29 is 10.2 Å². The monoisotopic (exact) mass is 144 g/mol. The Hall–Kier alpha value is -0.0800. The lowest BCUT2D eigenvalue weighted by Crippen LogP contribution is -2.67. The molecule has 0 amide bonds. The maximum absolute atomic E-state index is 9.33. The van der Waals surface area contributed by atoms with Gasteiger partial charge in [0, 0.05) is 10.8 Å². The summed E-state index contributed by atoms with van der Waals surface area (Å²) in [6.07, 6.45) is -1.11. The van der Waals surface area contributed by atoms with E-state index in [1.807, 2.05) is 27.7 Å². The molecule has 10 heavy (non-hydrogen) atoms. The van der Waals surface area contributed by atoms with Gasteiger partial charge in [0.25, 0.3) is 0 Å². The van der Waals surface area contributed by atoms with Crippen LogP contribution in [0.1, 0.15) is 27.7 Å². The van der Waals surface area contributed by atoms with Gasteiger partial charge in [-0.2, -0.15) is 0 Å². The second kappa shape index (κ2) is 1.74. The Bertz CT molecular complexity index is 131. The van der Waals surface area contributed by atoms with E-state index >= 15 is 0 Å². The van der Waals surface area contributed by atoms with Gasteiger partial charge in [-0.05, 0) is 0 Å². The molecule has 1 saturated carbocycles. The average molecular weight is 144 g/mol. The molecule has 1 rings (SSSR count). The highest BCUT2D eigenvalue weighted by molar-refractivity contribution is 5.10. The Kier molecular flexibility index (Phi) is 1.40. The van der Waals surface area contributed by atoms with Crippen LogP contribution >= 0.6 is 0 Å². The predicted molar refractivity (Wildman–Crippen MR) is 39.6 cm³/mol. The standard InChI is InChI=1S/C8H16O2/c1-7(2)5(9)6(10)8(7,3)4/h5-6,9-10H,1-4H3/t5-,6+. The van der Waals surface area contributed by atoms with Crippen LogP contribution in [0.15, 0.2) is 0 Å². The highest BCUT2D eigenvalue weighted by Crippen LogP contribution is 2.55. The Morgan fingerprint density at radius 1 is 0.800 bits per heavy atom. The van der Waals surface area contributed by atoms with E-state index in [2.05, 4.69) is 0 Å². The predicted octanol–water partition coefficient (Wildman–Crippen LogP) is 0.774. The zero-order valence-corrected chi connectivity index (χ0v) is 7.05. The molecule has 1 fully saturated rings. The number of hydrogen-bond acceptors (Lipinski definition) is 2. The van der Waals surface area contributed by atoms with Crippen molar-refractivity contribution in [3.05, 3.63) is 0 Å². The van der Waals surface area contributed by atoms with Crippen LogP contribution in [-0.2, 0) is 0 Å². The first-order valence-electron chi connectivity index (χ1n) is 3.68. The van der Waals surface area contributed by atoms with Crippen LogP contribution in [0.4, 0.5) is 0 Å². The number of aliphatic hydroxyl groups excluding tert-OH is 2. The molecule has 2 nitrogen and oxygen atoms in total. The molecule has 0 aromatic rings. The number of hydrogen-bond donors (Lipinski definition) is 2. The Balaban J connectivity index is 2.82. The average Bonchev–Trinajstić information content (AvgIpc) is 1.84.